The quantitative estimate of drug-likeness (QED) is 0.821. The molecule has 1 aromatic rings. The first-order valence-electron chi connectivity index (χ1n) is 5.69. The lowest BCUT2D eigenvalue weighted by atomic mass is 10.0. The van der Waals surface area contributed by atoms with Crippen molar-refractivity contribution in [1.29, 1.82) is 0 Å². The van der Waals surface area contributed by atoms with Gasteiger partial charge in [-0.3, -0.25) is 4.98 Å². The molecule has 1 N–H and O–H groups in total. The van der Waals surface area contributed by atoms with Gasteiger partial charge in [0, 0.05) is 12.7 Å². The van der Waals surface area contributed by atoms with Gasteiger partial charge < -0.3 is 5.32 Å². The van der Waals surface area contributed by atoms with Crippen LogP contribution in [0.25, 0.3) is 0 Å². The van der Waals surface area contributed by atoms with Crippen molar-refractivity contribution in [3.8, 4) is 0 Å². The van der Waals surface area contributed by atoms with Crippen molar-refractivity contribution in [1.82, 2.24) is 9.97 Å². The maximum Gasteiger partial charge on any atom is 0.147 e. The fraction of sp³-hybridized carbons (Fsp3) is 0.667. The monoisotopic (exact) mass is 205 g/mol. The van der Waals surface area contributed by atoms with E-state index in [4.69, 9.17) is 0 Å². The van der Waals surface area contributed by atoms with Gasteiger partial charge >= 0.3 is 0 Å². The molecule has 15 heavy (non-hydrogen) atoms. The van der Waals surface area contributed by atoms with Crippen LogP contribution in [0.4, 0.5) is 5.82 Å². The van der Waals surface area contributed by atoms with Crippen LogP contribution in [-0.4, -0.2) is 16.5 Å². The molecular formula is C12H19N3. The fourth-order valence-electron chi connectivity index (χ4n) is 1.81. The third-order valence-corrected chi connectivity index (χ3v) is 3.41. The van der Waals surface area contributed by atoms with E-state index in [2.05, 4.69) is 22.2 Å². The second kappa shape index (κ2) is 3.80. The fourth-order valence-corrected chi connectivity index (χ4v) is 1.81. The van der Waals surface area contributed by atoms with Crippen molar-refractivity contribution in [3.63, 3.8) is 0 Å². The van der Waals surface area contributed by atoms with E-state index < -0.39 is 0 Å². The number of aryl methyl sites for hydroxylation is 2. The van der Waals surface area contributed by atoms with E-state index in [0.717, 1.165) is 23.8 Å². The Morgan fingerprint density at radius 1 is 1.40 bits per heavy atom. The van der Waals surface area contributed by atoms with Crippen LogP contribution in [0.5, 0.6) is 0 Å². The molecule has 3 nitrogen and oxygen atoms in total. The third kappa shape index (κ3) is 2.28. The van der Waals surface area contributed by atoms with Crippen LogP contribution in [0.3, 0.4) is 0 Å². The van der Waals surface area contributed by atoms with Crippen molar-refractivity contribution >= 4 is 5.82 Å². The van der Waals surface area contributed by atoms with Gasteiger partial charge in [-0.25, -0.2) is 4.98 Å². The molecule has 1 heterocycles. The molecule has 1 saturated carbocycles. The highest BCUT2D eigenvalue weighted by Gasteiger charge is 2.40. The third-order valence-electron chi connectivity index (χ3n) is 3.41. The molecule has 0 unspecified atom stereocenters. The normalized spacial score (nSPS) is 17.5. The highest BCUT2D eigenvalue weighted by molar-refractivity contribution is 5.40. The summed E-state index contributed by atoms with van der Waals surface area (Å²) >= 11 is 0. The Labute approximate surface area is 91.3 Å². The smallest absolute Gasteiger partial charge is 0.147 e. The van der Waals surface area contributed by atoms with E-state index in [1.165, 1.54) is 19.3 Å². The van der Waals surface area contributed by atoms with Crippen LogP contribution in [0, 0.1) is 19.3 Å². The molecule has 1 aliphatic rings. The SMILES string of the molecule is CCC1(CNc2nc(C)cnc2C)CC1. The highest BCUT2D eigenvalue weighted by atomic mass is 15.0. The van der Waals surface area contributed by atoms with E-state index in [-0.39, 0.29) is 0 Å². The standard InChI is InChI=1S/C12H19N3/c1-4-12(5-6-12)8-14-11-10(3)13-7-9(2)15-11/h7H,4-6,8H2,1-3H3,(H,14,15). The summed E-state index contributed by atoms with van der Waals surface area (Å²) in [6.45, 7) is 7.29. The predicted octanol–water partition coefficient (Wildman–Crippen LogP) is 2.70. The maximum absolute atomic E-state index is 4.46. The van der Waals surface area contributed by atoms with Crippen molar-refractivity contribution in [2.45, 2.75) is 40.0 Å². The van der Waals surface area contributed by atoms with E-state index in [1.54, 1.807) is 0 Å². The predicted molar refractivity (Wildman–Crippen MR) is 62.0 cm³/mol. The number of hydrogen-bond acceptors (Lipinski definition) is 3. The van der Waals surface area contributed by atoms with Crippen LogP contribution in [0.2, 0.25) is 0 Å². The molecule has 2 rings (SSSR count). The number of aromatic nitrogens is 2. The molecule has 1 aliphatic carbocycles. The molecule has 82 valence electrons. The molecule has 0 aliphatic heterocycles. The Morgan fingerprint density at radius 2 is 2.13 bits per heavy atom. The number of nitrogens with one attached hydrogen (secondary N) is 1. The summed E-state index contributed by atoms with van der Waals surface area (Å²) in [6.07, 6.45) is 5.79. The van der Waals surface area contributed by atoms with Crippen molar-refractivity contribution in [3.05, 3.63) is 17.6 Å². The summed E-state index contributed by atoms with van der Waals surface area (Å²) in [7, 11) is 0. The molecule has 0 radical (unpaired) electrons. The lowest BCUT2D eigenvalue weighted by Crippen LogP contribution is -2.16. The minimum Gasteiger partial charge on any atom is -0.368 e. The lowest BCUT2D eigenvalue weighted by molar-refractivity contribution is 0.520. The summed E-state index contributed by atoms with van der Waals surface area (Å²) in [6, 6.07) is 0. The molecule has 1 fully saturated rings. The zero-order valence-electron chi connectivity index (χ0n) is 9.80. The number of nitrogens with zero attached hydrogens (tertiary/aromatic N) is 2. The van der Waals surface area contributed by atoms with Crippen LogP contribution >= 0.6 is 0 Å². The van der Waals surface area contributed by atoms with Crippen molar-refractivity contribution < 1.29 is 0 Å². The van der Waals surface area contributed by atoms with Gasteiger partial charge in [-0.2, -0.15) is 0 Å². The first kappa shape index (κ1) is 10.4. The minimum absolute atomic E-state index is 0.553. The number of rotatable bonds is 4. The van der Waals surface area contributed by atoms with E-state index >= 15 is 0 Å². The topological polar surface area (TPSA) is 37.8 Å². The van der Waals surface area contributed by atoms with Gasteiger partial charge in [0.2, 0.25) is 0 Å². The second-order valence-electron chi connectivity index (χ2n) is 4.65. The highest BCUT2D eigenvalue weighted by Crippen LogP contribution is 2.48. The van der Waals surface area contributed by atoms with Gasteiger partial charge in [0.25, 0.3) is 0 Å². The zero-order valence-corrected chi connectivity index (χ0v) is 9.80. The van der Waals surface area contributed by atoms with Gasteiger partial charge in [-0.05, 0) is 38.5 Å². The Hall–Kier alpha value is -1.12. The van der Waals surface area contributed by atoms with E-state index in [9.17, 15) is 0 Å². The number of anilines is 1. The summed E-state index contributed by atoms with van der Waals surface area (Å²) in [4.78, 5) is 8.76. The van der Waals surface area contributed by atoms with Crippen molar-refractivity contribution in [2.75, 3.05) is 11.9 Å². The maximum atomic E-state index is 4.46. The molecule has 3 heteroatoms. The minimum atomic E-state index is 0.553. The molecule has 0 atom stereocenters. The Morgan fingerprint density at radius 3 is 2.73 bits per heavy atom. The molecule has 0 bridgehead atoms. The summed E-state index contributed by atoms with van der Waals surface area (Å²) < 4.78 is 0. The van der Waals surface area contributed by atoms with Crippen LogP contribution < -0.4 is 5.32 Å². The zero-order chi connectivity index (χ0) is 10.9. The molecule has 0 saturated heterocycles. The van der Waals surface area contributed by atoms with Gasteiger partial charge in [0.1, 0.15) is 5.82 Å². The van der Waals surface area contributed by atoms with Gasteiger partial charge in [0.05, 0.1) is 11.4 Å². The Kier molecular flexibility index (Phi) is 2.63. The molecular weight excluding hydrogens is 186 g/mol. The first-order valence-corrected chi connectivity index (χ1v) is 5.69. The van der Waals surface area contributed by atoms with Gasteiger partial charge in [-0.1, -0.05) is 6.92 Å². The Balaban J connectivity index is 2.01. The van der Waals surface area contributed by atoms with Crippen LogP contribution in [0.1, 0.15) is 37.6 Å². The van der Waals surface area contributed by atoms with Crippen LogP contribution in [0.15, 0.2) is 6.20 Å². The summed E-state index contributed by atoms with van der Waals surface area (Å²) in [5.41, 5.74) is 2.52. The molecule has 1 aromatic heterocycles. The summed E-state index contributed by atoms with van der Waals surface area (Å²) in [5, 5.41) is 3.43. The first-order chi connectivity index (χ1) is 7.15. The van der Waals surface area contributed by atoms with Gasteiger partial charge in [0.15, 0.2) is 0 Å². The lowest BCUT2D eigenvalue weighted by Gasteiger charge is -2.15. The second-order valence-corrected chi connectivity index (χ2v) is 4.65. The number of hydrogen-bond donors (Lipinski definition) is 1. The average Bonchev–Trinajstić information content (AvgIpc) is 3.00. The average molecular weight is 205 g/mol. The van der Waals surface area contributed by atoms with Crippen LogP contribution in [-0.2, 0) is 0 Å². The summed E-state index contributed by atoms with van der Waals surface area (Å²) in [5.74, 6) is 0.953. The largest absolute Gasteiger partial charge is 0.368 e. The van der Waals surface area contributed by atoms with E-state index in [1.807, 2.05) is 20.0 Å². The molecule has 0 aromatic carbocycles. The van der Waals surface area contributed by atoms with E-state index in [0.29, 0.717) is 5.41 Å². The molecule has 0 spiro atoms. The van der Waals surface area contributed by atoms with Gasteiger partial charge in [-0.15, -0.1) is 0 Å². The molecule has 0 amide bonds. The van der Waals surface area contributed by atoms with Crippen molar-refractivity contribution in [2.24, 2.45) is 5.41 Å². The Bertz CT molecular complexity index is 356.